The number of amides is 3. The molecule has 0 atom stereocenters. The van der Waals surface area contributed by atoms with E-state index < -0.39 is 21.7 Å². The molecule has 0 aliphatic heterocycles. The van der Waals surface area contributed by atoms with Crippen molar-refractivity contribution < 1.29 is 34.1 Å². The lowest BCUT2D eigenvalue weighted by Gasteiger charge is -2.07. The summed E-state index contributed by atoms with van der Waals surface area (Å²) in [5.74, 6) is -2.19. The Morgan fingerprint density at radius 2 is 1.02 bits per heavy atom. The molecule has 0 saturated heterocycles. The van der Waals surface area contributed by atoms with Crippen molar-refractivity contribution in [1.82, 2.24) is 10.6 Å². The molecular formula is C31H32N6O9. The molecular weight excluding hydrogens is 600 g/mol. The van der Waals surface area contributed by atoms with Gasteiger partial charge in [-0.1, -0.05) is 43.8 Å². The quantitative estimate of drug-likeness (QED) is 0.0997. The molecule has 0 heterocycles. The Bertz CT molecular complexity index is 1600. The standard InChI is InChI=1S/C15H13N3O4.C9H9NO3.C6H6N2O2.CH4/c19-14(10-16-15(20)11-4-2-1-3-5-11)17-12-6-8-13(9-7-12)18(21)22;11-8(12)6-10-9(13)7-4-2-1-3-5-7;7-5-1-3-6(4-2-5)8(9)10;/h1-9H,10H2,(H,16,20)(H,17,19);1-5H,6H2,(H,10,13)(H,11,12);1-4H,7H2;1H4. The number of carboxylic acid groups (broad SMARTS) is 1. The predicted octanol–water partition coefficient (Wildman–Crippen LogP) is 4.28. The number of carbonyl (C=O) groups is 4. The number of nitrogens with one attached hydrogen (secondary N) is 3. The fourth-order valence-corrected chi connectivity index (χ4v) is 3.17. The minimum atomic E-state index is -1.05. The minimum Gasteiger partial charge on any atom is -0.480 e. The second-order valence-electron chi connectivity index (χ2n) is 8.69. The average Bonchev–Trinajstić information content (AvgIpc) is 3.04. The molecule has 0 bridgehead atoms. The molecule has 0 radical (unpaired) electrons. The molecule has 240 valence electrons. The number of nitrogens with zero attached hydrogens (tertiary/aromatic N) is 2. The number of benzene rings is 4. The van der Waals surface area contributed by atoms with Gasteiger partial charge in [0.1, 0.15) is 6.54 Å². The van der Waals surface area contributed by atoms with Crippen molar-refractivity contribution in [3.8, 4) is 0 Å². The number of nitro groups is 2. The molecule has 0 aliphatic rings. The number of rotatable bonds is 9. The second kappa shape index (κ2) is 19.5. The summed E-state index contributed by atoms with van der Waals surface area (Å²) >= 11 is 0. The number of hydrogen-bond acceptors (Lipinski definition) is 9. The van der Waals surface area contributed by atoms with E-state index in [1.54, 1.807) is 60.7 Å². The Hall–Kier alpha value is -6.64. The number of non-ortho nitro benzene ring substituents is 2. The Morgan fingerprint density at radius 3 is 1.41 bits per heavy atom. The topological polar surface area (TPSA) is 237 Å². The summed E-state index contributed by atoms with van der Waals surface area (Å²) in [6.45, 7) is -0.543. The minimum absolute atomic E-state index is 0. The van der Waals surface area contributed by atoms with Crippen LogP contribution in [0.4, 0.5) is 22.7 Å². The maximum atomic E-state index is 11.8. The fourth-order valence-electron chi connectivity index (χ4n) is 3.17. The highest BCUT2D eigenvalue weighted by atomic mass is 16.6. The molecule has 46 heavy (non-hydrogen) atoms. The molecule has 0 unspecified atom stereocenters. The first-order chi connectivity index (χ1) is 21.5. The van der Waals surface area contributed by atoms with E-state index in [1.165, 1.54) is 48.5 Å². The molecule has 4 aromatic carbocycles. The average molecular weight is 633 g/mol. The first-order valence-electron chi connectivity index (χ1n) is 12.9. The lowest BCUT2D eigenvalue weighted by molar-refractivity contribution is -0.385. The van der Waals surface area contributed by atoms with E-state index in [4.69, 9.17) is 10.8 Å². The Kier molecular flexibility index (Phi) is 15.9. The van der Waals surface area contributed by atoms with Crippen LogP contribution >= 0.6 is 0 Å². The third-order valence-corrected chi connectivity index (χ3v) is 5.35. The van der Waals surface area contributed by atoms with Crippen molar-refractivity contribution in [1.29, 1.82) is 0 Å². The second-order valence-corrected chi connectivity index (χ2v) is 8.69. The predicted molar refractivity (Wildman–Crippen MR) is 171 cm³/mol. The van der Waals surface area contributed by atoms with Crippen molar-refractivity contribution in [3.05, 3.63) is 141 Å². The largest absolute Gasteiger partial charge is 0.480 e. The molecule has 15 heteroatoms. The number of carboxylic acids is 1. The highest BCUT2D eigenvalue weighted by Crippen LogP contribution is 2.15. The van der Waals surface area contributed by atoms with Crippen LogP contribution in [-0.2, 0) is 9.59 Å². The summed E-state index contributed by atoms with van der Waals surface area (Å²) in [6, 6.07) is 28.2. The zero-order valence-corrected chi connectivity index (χ0v) is 23.5. The van der Waals surface area contributed by atoms with Crippen LogP contribution in [-0.4, -0.2) is 51.7 Å². The van der Waals surface area contributed by atoms with Gasteiger partial charge in [-0.25, -0.2) is 0 Å². The number of carbonyl (C=O) groups excluding carboxylic acids is 3. The van der Waals surface area contributed by atoms with Crippen LogP contribution in [0.1, 0.15) is 28.1 Å². The van der Waals surface area contributed by atoms with Crippen LogP contribution in [0.2, 0.25) is 0 Å². The normalized spacial score (nSPS) is 9.30. The van der Waals surface area contributed by atoms with Crippen LogP contribution in [0.5, 0.6) is 0 Å². The highest BCUT2D eigenvalue weighted by molar-refractivity contribution is 5.99. The highest BCUT2D eigenvalue weighted by Gasteiger charge is 2.09. The summed E-state index contributed by atoms with van der Waals surface area (Å²) in [7, 11) is 0. The van der Waals surface area contributed by atoms with Crippen molar-refractivity contribution in [2.24, 2.45) is 0 Å². The van der Waals surface area contributed by atoms with Gasteiger partial charge in [-0.3, -0.25) is 39.4 Å². The van der Waals surface area contributed by atoms with Gasteiger partial charge in [-0.2, -0.15) is 0 Å². The first-order valence-corrected chi connectivity index (χ1v) is 12.9. The molecule has 0 saturated carbocycles. The summed E-state index contributed by atoms with van der Waals surface area (Å²) in [5.41, 5.74) is 7.19. The first kappa shape index (κ1) is 37.4. The van der Waals surface area contributed by atoms with E-state index in [1.807, 2.05) is 0 Å². The number of hydrogen-bond donors (Lipinski definition) is 5. The van der Waals surface area contributed by atoms with Gasteiger partial charge >= 0.3 is 5.97 Å². The lowest BCUT2D eigenvalue weighted by atomic mass is 10.2. The number of nitro benzene ring substituents is 2. The Balaban J connectivity index is 0.000000375. The maximum Gasteiger partial charge on any atom is 0.322 e. The monoisotopic (exact) mass is 632 g/mol. The summed E-state index contributed by atoms with van der Waals surface area (Å²) in [4.78, 5) is 64.4. The molecule has 0 fully saturated rings. The fraction of sp³-hybridized carbons (Fsp3) is 0.0968. The van der Waals surface area contributed by atoms with Crippen LogP contribution in [0.25, 0.3) is 0 Å². The SMILES string of the molecule is C.Nc1ccc([N+](=O)[O-])cc1.O=C(CNC(=O)c1ccccc1)Nc1ccc([N+](=O)[O-])cc1.O=C(O)CNC(=O)c1ccccc1. The number of anilines is 2. The third-order valence-electron chi connectivity index (χ3n) is 5.35. The van der Waals surface area contributed by atoms with E-state index in [0.29, 0.717) is 22.5 Å². The molecule has 0 aromatic heterocycles. The summed E-state index contributed by atoms with van der Waals surface area (Å²) in [6.07, 6.45) is 0. The summed E-state index contributed by atoms with van der Waals surface area (Å²) in [5, 5.41) is 36.2. The Labute approximate surface area is 263 Å². The smallest absolute Gasteiger partial charge is 0.322 e. The van der Waals surface area contributed by atoms with Crippen molar-refractivity contribution in [2.75, 3.05) is 24.1 Å². The number of nitrogen functional groups attached to an aromatic ring is 1. The van der Waals surface area contributed by atoms with Gasteiger partial charge in [-0.15, -0.1) is 0 Å². The molecule has 4 rings (SSSR count). The molecule has 4 aromatic rings. The molecule has 15 nitrogen and oxygen atoms in total. The van der Waals surface area contributed by atoms with Crippen LogP contribution in [0.15, 0.2) is 109 Å². The molecule has 6 N–H and O–H groups in total. The third kappa shape index (κ3) is 14.0. The Morgan fingerprint density at radius 1 is 0.630 bits per heavy atom. The number of nitrogens with two attached hydrogens (primary N) is 1. The molecule has 0 aliphatic carbocycles. The summed E-state index contributed by atoms with van der Waals surface area (Å²) < 4.78 is 0. The zero-order chi connectivity index (χ0) is 33.2. The van der Waals surface area contributed by atoms with Gasteiger partial charge in [0.05, 0.1) is 16.4 Å². The van der Waals surface area contributed by atoms with Crippen LogP contribution < -0.4 is 21.7 Å². The van der Waals surface area contributed by atoms with Gasteiger partial charge in [0, 0.05) is 46.8 Å². The number of aliphatic carboxylic acids is 1. The van der Waals surface area contributed by atoms with E-state index >= 15 is 0 Å². The van der Waals surface area contributed by atoms with E-state index in [2.05, 4.69) is 16.0 Å². The van der Waals surface area contributed by atoms with Gasteiger partial charge in [0.25, 0.3) is 23.2 Å². The van der Waals surface area contributed by atoms with E-state index in [9.17, 15) is 39.4 Å². The van der Waals surface area contributed by atoms with Crippen molar-refractivity contribution in [2.45, 2.75) is 7.43 Å². The lowest BCUT2D eigenvalue weighted by Crippen LogP contribution is -2.32. The maximum absolute atomic E-state index is 11.8. The van der Waals surface area contributed by atoms with Gasteiger partial charge in [-0.05, 0) is 48.5 Å². The molecule has 0 spiro atoms. The van der Waals surface area contributed by atoms with Gasteiger partial charge in [0.15, 0.2) is 0 Å². The van der Waals surface area contributed by atoms with Crippen molar-refractivity contribution >= 4 is 46.4 Å². The van der Waals surface area contributed by atoms with Crippen LogP contribution in [0, 0.1) is 20.2 Å². The van der Waals surface area contributed by atoms with E-state index in [-0.39, 0.29) is 43.7 Å². The van der Waals surface area contributed by atoms with Gasteiger partial charge < -0.3 is 26.8 Å². The van der Waals surface area contributed by atoms with Crippen LogP contribution in [0.3, 0.4) is 0 Å². The van der Waals surface area contributed by atoms with Gasteiger partial charge in [0.2, 0.25) is 5.91 Å². The molecule has 3 amide bonds. The zero-order valence-electron chi connectivity index (χ0n) is 23.5. The van der Waals surface area contributed by atoms with E-state index in [0.717, 1.165) is 0 Å². The van der Waals surface area contributed by atoms with Crippen molar-refractivity contribution in [3.63, 3.8) is 0 Å².